The van der Waals surface area contributed by atoms with E-state index in [1.807, 2.05) is 54.6 Å². The fourth-order valence-corrected chi connectivity index (χ4v) is 2.56. The lowest BCUT2D eigenvalue weighted by molar-refractivity contribution is -0.123. The lowest BCUT2D eigenvalue weighted by Gasteiger charge is -2.09. The number of amides is 2. The first-order valence-corrected chi connectivity index (χ1v) is 8.74. The highest BCUT2D eigenvalue weighted by Crippen LogP contribution is 2.20. The summed E-state index contributed by atoms with van der Waals surface area (Å²) in [6.07, 6.45) is 3.59. The Morgan fingerprint density at radius 1 is 0.926 bits per heavy atom. The minimum absolute atomic E-state index is 0.0877. The van der Waals surface area contributed by atoms with Crippen molar-refractivity contribution < 1.29 is 14.3 Å². The first-order valence-electron chi connectivity index (χ1n) is 8.74. The van der Waals surface area contributed by atoms with Gasteiger partial charge in [0, 0.05) is 31.9 Å². The Labute approximate surface area is 157 Å². The second-order valence-corrected chi connectivity index (χ2v) is 6.04. The maximum Gasteiger partial charge on any atom is 0.257 e. The van der Waals surface area contributed by atoms with Crippen LogP contribution in [0.4, 0.5) is 0 Å². The highest BCUT2D eigenvalue weighted by Gasteiger charge is 2.06. The molecule has 3 aromatic rings. The number of rotatable bonds is 8. The van der Waals surface area contributed by atoms with E-state index in [-0.39, 0.29) is 31.4 Å². The van der Waals surface area contributed by atoms with Gasteiger partial charge in [0.15, 0.2) is 6.61 Å². The zero-order valence-electron chi connectivity index (χ0n) is 14.9. The lowest BCUT2D eigenvalue weighted by Crippen LogP contribution is -2.33. The van der Waals surface area contributed by atoms with Crippen LogP contribution in [-0.2, 0) is 16.1 Å². The predicted molar refractivity (Wildman–Crippen MR) is 103 cm³/mol. The summed E-state index contributed by atoms with van der Waals surface area (Å²) in [4.78, 5) is 27.6. The average Bonchev–Trinajstić information content (AvgIpc) is 2.71. The normalized spacial score (nSPS) is 10.4. The van der Waals surface area contributed by atoms with Crippen LogP contribution in [0.3, 0.4) is 0 Å². The minimum Gasteiger partial charge on any atom is -0.484 e. The van der Waals surface area contributed by atoms with Gasteiger partial charge in [-0.05, 0) is 34.5 Å². The Hall–Kier alpha value is -3.41. The molecule has 0 unspecified atom stereocenters. The van der Waals surface area contributed by atoms with Crippen molar-refractivity contribution in [2.75, 3.05) is 13.2 Å². The molecule has 0 aliphatic carbocycles. The molecule has 0 radical (unpaired) electrons. The van der Waals surface area contributed by atoms with E-state index in [0.717, 1.165) is 16.3 Å². The van der Waals surface area contributed by atoms with Gasteiger partial charge >= 0.3 is 0 Å². The Morgan fingerprint density at radius 2 is 1.78 bits per heavy atom. The molecule has 6 nitrogen and oxygen atoms in total. The van der Waals surface area contributed by atoms with Crippen LogP contribution in [0.25, 0.3) is 10.8 Å². The van der Waals surface area contributed by atoms with Crippen molar-refractivity contribution in [2.24, 2.45) is 0 Å². The van der Waals surface area contributed by atoms with Gasteiger partial charge in [0.2, 0.25) is 5.91 Å². The topological polar surface area (TPSA) is 80.3 Å². The first kappa shape index (κ1) is 18.4. The number of carbonyl (C=O) groups excluding carboxylic acids is 2. The van der Waals surface area contributed by atoms with E-state index in [4.69, 9.17) is 4.74 Å². The zero-order chi connectivity index (χ0) is 18.9. The number of fused-ring (bicyclic) bond motifs is 1. The molecular weight excluding hydrogens is 342 g/mol. The van der Waals surface area contributed by atoms with Crippen LogP contribution in [-0.4, -0.2) is 29.9 Å². The van der Waals surface area contributed by atoms with E-state index < -0.39 is 0 Å². The molecule has 0 atom stereocenters. The molecule has 0 aliphatic heterocycles. The van der Waals surface area contributed by atoms with Gasteiger partial charge in [-0.1, -0.05) is 36.4 Å². The van der Waals surface area contributed by atoms with Crippen molar-refractivity contribution in [1.29, 1.82) is 0 Å². The largest absolute Gasteiger partial charge is 0.484 e. The summed E-state index contributed by atoms with van der Waals surface area (Å²) in [5.74, 6) is 0.246. The van der Waals surface area contributed by atoms with Crippen molar-refractivity contribution in [2.45, 2.75) is 13.0 Å². The van der Waals surface area contributed by atoms with Gasteiger partial charge in [0.25, 0.3) is 5.91 Å². The van der Waals surface area contributed by atoms with E-state index in [1.54, 1.807) is 12.4 Å². The molecule has 0 fully saturated rings. The lowest BCUT2D eigenvalue weighted by atomic mass is 10.1. The molecule has 2 N–H and O–H groups in total. The fourth-order valence-electron chi connectivity index (χ4n) is 2.56. The van der Waals surface area contributed by atoms with Crippen molar-refractivity contribution >= 4 is 22.6 Å². The molecule has 2 aromatic carbocycles. The van der Waals surface area contributed by atoms with Crippen LogP contribution in [0.15, 0.2) is 67.0 Å². The number of nitrogens with one attached hydrogen (secondary N) is 2. The fraction of sp³-hybridized carbons (Fsp3) is 0.190. The van der Waals surface area contributed by atoms with Gasteiger partial charge in [-0.3, -0.25) is 14.6 Å². The summed E-state index contributed by atoms with van der Waals surface area (Å²) in [7, 11) is 0. The molecule has 0 spiro atoms. The molecule has 0 saturated carbocycles. The smallest absolute Gasteiger partial charge is 0.257 e. The zero-order valence-corrected chi connectivity index (χ0v) is 14.9. The minimum atomic E-state index is -0.261. The van der Waals surface area contributed by atoms with Gasteiger partial charge in [0.1, 0.15) is 5.75 Å². The molecule has 6 heteroatoms. The predicted octanol–water partition coefficient (Wildman–Crippen LogP) is 2.44. The summed E-state index contributed by atoms with van der Waals surface area (Å²) >= 11 is 0. The number of benzene rings is 2. The Kier molecular flexibility index (Phi) is 6.35. The third kappa shape index (κ3) is 5.81. The van der Waals surface area contributed by atoms with Gasteiger partial charge in [0.05, 0.1) is 0 Å². The number of nitrogens with zero attached hydrogens (tertiary/aromatic N) is 1. The van der Waals surface area contributed by atoms with Crippen LogP contribution in [0.5, 0.6) is 5.75 Å². The highest BCUT2D eigenvalue weighted by atomic mass is 16.5. The number of aromatic nitrogens is 1. The first-order chi connectivity index (χ1) is 13.2. The van der Waals surface area contributed by atoms with Crippen LogP contribution in [0.2, 0.25) is 0 Å². The summed E-state index contributed by atoms with van der Waals surface area (Å²) in [6.45, 7) is 0.597. The Bertz CT molecular complexity index is 913. The molecule has 1 heterocycles. The number of ether oxygens (including phenoxy) is 1. The van der Waals surface area contributed by atoms with Gasteiger partial charge in [-0.2, -0.15) is 0 Å². The molecule has 3 rings (SSSR count). The van der Waals surface area contributed by atoms with Crippen LogP contribution in [0, 0.1) is 0 Å². The molecule has 0 saturated heterocycles. The SMILES string of the molecule is O=C(CCNC(=O)COc1ccc2ccccc2c1)NCc1cccnc1. The van der Waals surface area contributed by atoms with Crippen molar-refractivity contribution in [3.05, 3.63) is 72.6 Å². The van der Waals surface area contributed by atoms with Crippen LogP contribution in [0.1, 0.15) is 12.0 Å². The van der Waals surface area contributed by atoms with E-state index in [1.165, 1.54) is 0 Å². The van der Waals surface area contributed by atoms with Crippen molar-refractivity contribution in [1.82, 2.24) is 15.6 Å². The van der Waals surface area contributed by atoms with E-state index in [0.29, 0.717) is 12.3 Å². The van der Waals surface area contributed by atoms with E-state index in [9.17, 15) is 9.59 Å². The molecule has 138 valence electrons. The van der Waals surface area contributed by atoms with Crippen LogP contribution < -0.4 is 15.4 Å². The quantitative estimate of drug-likeness (QED) is 0.644. The van der Waals surface area contributed by atoms with E-state index in [2.05, 4.69) is 15.6 Å². The van der Waals surface area contributed by atoms with Gasteiger partial charge in [-0.25, -0.2) is 0 Å². The van der Waals surface area contributed by atoms with Gasteiger partial charge < -0.3 is 15.4 Å². The van der Waals surface area contributed by atoms with Gasteiger partial charge in [-0.15, -0.1) is 0 Å². The summed E-state index contributed by atoms with van der Waals surface area (Å²) in [6, 6.07) is 17.3. The third-order valence-electron chi connectivity index (χ3n) is 3.98. The molecule has 2 amide bonds. The van der Waals surface area contributed by atoms with E-state index >= 15 is 0 Å². The third-order valence-corrected chi connectivity index (χ3v) is 3.98. The maximum atomic E-state index is 11.9. The number of hydrogen-bond donors (Lipinski definition) is 2. The summed E-state index contributed by atoms with van der Waals surface area (Å²) in [5, 5.41) is 7.64. The number of pyridine rings is 1. The molecular formula is C21H21N3O3. The monoisotopic (exact) mass is 363 g/mol. The summed E-state index contributed by atoms with van der Waals surface area (Å²) in [5.41, 5.74) is 0.929. The highest BCUT2D eigenvalue weighted by molar-refractivity contribution is 5.84. The summed E-state index contributed by atoms with van der Waals surface area (Å²) < 4.78 is 5.52. The standard InChI is InChI=1S/C21H21N3O3/c25-20(24-14-16-4-3-10-22-13-16)9-11-23-21(26)15-27-19-8-7-17-5-1-2-6-18(17)12-19/h1-8,10,12-13H,9,11,14-15H2,(H,23,26)(H,24,25). The number of carbonyl (C=O) groups is 2. The Balaban J connectivity index is 1.34. The second kappa shape index (κ2) is 9.33. The van der Waals surface area contributed by atoms with Crippen molar-refractivity contribution in [3.63, 3.8) is 0 Å². The molecule has 0 aliphatic rings. The Morgan fingerprint density at radius 3 is 2.59 bits per heavy atom. The average molecular weight is 363 g/mol. The molecule has 27 heavy (non-hydrogen) atoms. The van der Waals surface area contributed by atoms with Crippen molar-refractivity contribution in [3.8, 4) is 5.75 Å². The molecule has 0 bridgehead atoms. The molecule has 1 aromatic heterocycles. The maximum absolute atomic E-state index is 11.9. The second-order valence-electron chi connectivity index (χ2n) is 6.04. The number of hydrogen-bond acceptors (Lipinski definition) is 4. The van der Waals surface area contributed by atoms with Crippen LogP contribution >= 0.6 is 0 Å².